The minimum atomic E-state index is 0.221. The number of nitrogens with one attached hydrogen (secondary N) is 2. The third-order valence-corrected chi connectivity index (χ3v) is 4.94. The van der Waals surface area contributed by atoms with Crippen molar-refractivity contribution >= 4 is 16.9 Å². The number of hydrogen-bond acceptors (Lipinski definition) is 5. The van der Waals surface area contributed by atoms with Crippen molar-refractivity contribution in [1.82, 2.24) is 20.5 Å². The summed E-state index contributed by atoms with van der Waals surface area (Å²) in [7, 11) is 0. The molecular weight excluding hydrogens is 290 g/mol. The molecule has 2 aliphatic heterocycles. The van der Waals surface area contributed by atoms with Gasteiger partial charge in [0.25, 0.3) is 0 Å². The molecule has 1 spiro atoms. The van der Waals surface area contributed by atoms with E-state index in [9.17, 15) is 5.11 Å². The first-order valence-corrected chi connectivity index (χ1v) is 7.83. The quantitative estimate of drug-likeness (QED) is 0.672. The van der Waals surface area contributed by atoms with Crippen molar-refractivity contribution < 1.29 is 5.11 Å². The predicted octanol–water partition coefficient (Wildman–Crippen LogP) is 1.74. The van der Waals surface area contributed by atoms with Crippen LogP contribution in [0.5, 0.6) is 5.75 Å². The molecular formula is C17H17N5O. The number of H-pyrrole nitrogens is 1. The minimum Gasteiger partial charge on any atom is -0.507 e. The van der Waals surface area contributed by atoms with Gasteiger partial charge in [-0.3, -0.25) is 0 Å². The monoisotopic (exact) mass is 307 g/mol. The van der Waals surface area contributed by atoms with Crippen molar-refractivity contribution in [3.05, 3.63) is 36.4 Å². The smallest absolute Gasteiger partial charge is 0.161 e. The average Bonchev–Trinajstić information content (AvgIpc) is 2.87. The lowest BCUT2D eigenvalue weighted by Gasteiger charge is -2.56. The highest BCUT2D eigenvalue weighted by Gasteiger charge is 2.47. The van der Waals surface area contributed by atoms with Gasteiger partial charge in [-0.15, -0.1) is 10.2 Å². The lowest BCUT2D eigenvalue weighted by atomic mass is 9.74. The topological polar surface area (TPSA) is 77.1 Å². The fraction of sp³-hybridized carbons (Fsp3) is 0.294. The van der Waals surface area contributed by atoms with Gasteiger partial charge in [0.05, 0.1) is 5.69 Å². The molecule has 2 saturated heterocycles. The summed E-state index contributed by atoms with van der Waals surface area (Å²) in [5.41, 5.74) is 2.66. The lowest BCUT2D eigenvalue weighted by Crippen LogP contribution is -2.71. The van der Waals surface area contributed by atoms with E-state index in [4.69, 9.17) is 0 Å². The van der Waals surface area contributed by atoms with Gasteiger partial charge in [0, 0.05) is 42.5 Å². The number of phenols is 1. The Kier molecular flexibility index (Phi) is 2.50. The number of aromatic hydroxyl groups is 1. The number of nitrogens with zero attached hydrogens (tertiary/aromatic N) is 3. The Hall–Kier alpha value is -2.60. The van der Waals surface area contributed by atoms with E-state index in [1.807, 2.05) is 18.2 Å². The summed E-state index contributed by atoms with van der Waals surface area (Å²) in [5, 5.41) is 22.9. The molecule has 0 atom stereocenters. The van der Waals surface area contributed by atoms with E-state index >= 15 is 0 Å². The van der Waals surface area contributed by atoms with Crippen molar-refractivity contribution in [3.63, 3.8) is 0 Å². The second kappa shape index (κ2) is 4.45. The Bertz CT molecular complexity index is 891. The van der Waals surface area contributed by atoms with Gasteiger partial charge in [0.2, 0.25) is 0 Å². The molecule has 0 amide bonds. The summed E-state index contributed by atoms with van der Waals surface area (Å²) in [5.74, 6) is 1.32. The van der Waals surface area contributed by atoms with E-state index < -0.39 is 0 Å². The summed E-state index contributed by atoms with van der Waals surface area (Å²) in [6, 6.07) is 11.3. The van der Waals surface area contributed by atoms with E-state index in [-0.39, 0.29) is 5.75 Å². The van der Waals surface area contributed by atoms with Crippen molar-refractivity contribution in [1.29, 1.82) is 0 Å². The number of phenolic OH excluding ortho intramolecular Hbond substituents is 1. The highest BCUT2D eigenvalue weighted by molar-refractivity contribution is 5.84. The molecule has 3 N–H and O–H groups in total. The fourth-order valence-electron chi connectivity index (χ4n) is 3.55. The third kappa shape index (κ3) is 1.91. The number of para-hydroxylation sites is 1. The number of aromatic nitrogens is 3. The number of aromatic amines is 1. The molecule has 6 nitrogen and oxygen atoms in total. The Morgan fingerprint density at radius 3 is 2.65 bits per heavy atom. The van der Waals surface area contributed by atoms with Crippen LogP contribution in [0.25, 0.3) is 22.3 Å². The Morgan fingerprint density at radius 1 is 1.09 bits per heavy atom. The molecule has 4 heterocycles. The first-order chi connectivity index (χ1) is 11.2. The molecule has 0 radical (unpaired) electrons. The summed E-state index contributed by atoms with van der Waals surface area (Å²) < 4.78 is 0. The zero-order chi connectivity index (χ0) is 15.4. The predicted molar refractivity (Wildman–Crippen MR) is 88.5 cm³/mol. The van der Waals surface area contributed by atoms with Crippen LogP contribution in [-0.4, -0.2) is 46.5 Å². The molecule has 3 aromatic rings. The van der Waals surface area contributed by atoms with Gasteiger partial charge in [0.1, 0.15) is 11.6 Å². The SMILES string of the molecule is Oc1ccccc1-c1cc2cc(N3CC4(CNC4)C3)[nH]c2nn1. The van der Waals surface area contributed by atoms with Crippen LogP contribution < -0.4 is 10.2 Å². The first kappa shape index (κ1) is 12.9. The first-order valence-electron chi connectivity index (χ1n) is 7.83. The Balaban J connectivity index is 1.48. The molecule has 2 aliphatic rings. The summed E-state index contributed by atoms with van der Waals surface area (Å²) in [6.07, 6.45) is 0. The zero-order valence-corrected chi connectivity index (χ0v) is 12.6. The van der Waals surface area contributed by atoms with Gasteiger partial charge < -0.3 is 20.3 Å². The Labute approximate surface area is 133 Å². The zero-order valence-electron chi connectivity index (χ0n) is 12.6. The molecule has 5 rings (SSSR count). The number of hydrogen-bond donors (Lipinski definition) is 3. The number of rotatable bonds is 2. The standard InChI is InChI=1S/C17H17N5O/c23-14-4-2-1-3-12(14)13-5-11-6-15(19-16(11)21-20-13)22-9-17(10-22)7-18-8-17/h1-6,18,23H,7-10H2,(H,19,21). The van der Waals surface area contributed by atoms with E-state index in [1.165, 1.54) is 0 Å². The average molecular weight is 307 g/mol. The van der Waals surface area contributed by atoms with E-state index in [1.54, 1.807) is 12.1 Å². The molecule has 116 valence electrons. The van der Waals surface area contributed by atoms with E-state index in [0.717, 1.165) is 43.0 Å². The summed E-state index contributed by atoms with van der Waals surface area (Å²) in [4.78, 5) is 5.70. The van der Waals surface area contributed by atoms with Crippen LogP contribution in [0.3, 0.4) is 0 Å². The molecule has 0 aliphatic carbocycles. The van der Waals surface area contributed by atoms with Crippen LogP contribution in [0, 0.1) is 5.41 Å². The molecule has 0 unspecified atom stereocenters. The second-order valence-corrected chi connectivity index (χ2v) is 6.66. The third-order valence-electron chi connectivity index (χ3n) is 4.94. The number of benzene rings is 1. The highest BCUT2D eigenvalue weighted by atomic mass is 16.3. The van der Waals surface area contributed by atoms with E-state index in [2.05, 4.69) is 31.5 Å². The van der Waals surface area contributed by atoms with Gasteiger partial charge in [-0.25, -0.2) is 0 Å². The molecule has 1 aromatic carbocycles. The molecule has 2 aromatic heterocycles. The number of fused-ring (bicyclic) bond motifs is 1. The highest BCUT2D eigenvalue weighted by Crippen LogP contribution is 2.38. The van der Waals surface area contributed by atoms with Crippen LogP contribution in [0.4, 0.5) is 5.82 Å². The second-order valence-electron chi connectivity index (χ2n) is 6.66. The van der Waals surface area contributed by atoms with Crippen molar-refractivity contribution in [2.24, 2.45) is 5.41 Å². The normalized spacial score (nSPS) is 18.9. The minimum absolute atomic E-state index is 0.221. The van der Waals surface area contributed by atoms with Gasteiger partial charge in [-0.2, -0.15) is 0 Å². The lowest BCUT2D eigenvalue weighted by molar-refractivity contribution is 0.120. The molecule has 2 fully saturated rings. The van der Waals surface area contributed by atoms with Crippen molar-refractivity contribution in [2.75, 3.05) is 31.1 Å². The molecule has 0 saturated carbocycles. The maximum atomic E-state index is 9.98. The van der Waals surface area contributed by atoms with Gasteiger partial charge in [-0.1, -0.05) is 12.1 Å². The van der Waals surface area contributed by atoms with Crippen LogP contribution in [0.15, 0.2) is 36.4 Å². The van der Waals surface area contributed by atoms with Gasteiger partial charge in [0.15, 0.2) is 5.65 Å². The van der Waals surface area contributed by atoms with Crippen LogP contribution in [0.1, 0.15) is 0 Å². The maximum absolute atomic E-state index is 9.98. The summed E-state index contributed by atoms with van der Waals surface area (Å²) >= 11 is 0. The molecule has 6 heteroatoms. The van der Waals surface area contributed by atoms with Crippen molar-refractivity contribution in [3.8, 4) is 17.0 Å². The molecule has 0 bridgehead atoms. The van der Waals surface area contributed by atoms with Gasteiger partial charge in [-0.05, 0) is 24.3 Å². The van der Waals surface area contributed by atoms with Crippen LogP contribution in [-0.2, 0) is 0 Å². The van der Waals surface area contributed by atoms with Crippen LogP contribution >= 0.6 is 0 Å². The van der Waals surface area contributed by atoms with E-state index in [0.29, 0.717) is 16.7 Å². The van der Waals surface area contributed by atoms with Crippen molar-refractivity contribution in [2.45, 2.75) is 0 Å². The largest absolute Gasteiger partial charge is 0.507 e. The number of anilines is 1. The molecule has 23 heavy (non-hydrogen) atoms. The summed E-state index contributed by atoms with van der Waals surface area (Å²) in [6.45, 7) is 4.43. The van der Waals surface area contributed by atoms with Gasteiger partial charge >= 0.3 is 0 Å². The maximum Gasteiger partial charge on any atom is 0.161 e. The Morgan fingerprint density at radius 2 is 1.91 bits per heavy atom. The van der Waals surface area contributed by atoms with Crippen LogP contribution in [0.2, 0.25) is 0 Å². The fourth-order valence-corrected chi connectivity index (χ4v) is 3.55.